The highest BCUT2D eigenvalue weighted by atomic mass is 35.5. The Balaban J connectivity index is 0.00000150. The predicted molar refractivity (Wildman–Crippen MR) is 119 cm³/mol. The summed E-state index contributed by atoms with van der Waals surface area (Å²) < 4.78 is 5.70. The molecule has 0 aromatic carbocycles. The van der Waals surface area contributed by atoms with Crippen molar-refractivity contribution >= 4 is 30.7 Å². The number of hydrogen-bond donors (Lipinski definition) is 2. The van der Waals surface area contributed by atoms with Crippen molar-refractivity contribution in [3.8, 4) is 0 Å². The third-order valence-electron chi connectivity index (χ3n) is 6.88. The van der Waals surface area contributed by atoms with Gasteiger partial charge in [-0.1, -0.05) is 12.8 Å². The second kappa shape index (κ2) is 11.0. The summed E-state index contributed by atoms with van der Waals surface area (Å²) in [4.78, 5) is 19.5. The van der Waals surface area contributed by atoms with Crippen molar-refractivity contribution in [1.82, 2.24) is 20.5 Å². The number of piperidine rings is 1. The van der Waals surface area contributed by atoms with E-state index in [-0.39, 0.29) is 36.8 Å². The van der Waals surface area contributed by atoms with Gasteiger partial charge in [0.05, 0.1) is 18.3 Å². The van der Waals surface area contributed by atoms with E-state index in [0.29, 0.717) is 12.0 Å². The third-order valence-corrected chi connectivity index (χ3v) is 6.88. The van der Waals surface area contributed by atoms with Crippen LogP contribution >= 0.6 is 24.8 Å². The average Bonchev–Trinajstić information content (AvgIpc) is 3.24. The lowest BCUT2D eigenvalue weighted by Gasteiger charge is -2.31. The molecule has 3 aliphatic rings. The second-order valence-electron chi connectivity index (χ2n) is 8.82. The summed E-state index contributed by atoms with van der Waals surface area (Å²) >= 11 is 0. The van der Waals surface area contributed by atoms with Crippen molar-refractivity contribution in [3.63, 3.8) is 0 Å². The molecule has 3 fully saturated rings. The second-order valence-corrected chi connectivity index (χ2v) is 8.82. The largest absolute Gasteiger partial charge is 0.444 e. The number of hydrogen-bond acceptors (Lipinski definition) is 5. The maximum absolute atomic E-state index is 12.6. The van der Waals surface area contributed by atoms with E-state index < -0.39 is 0 Å². The van der Waals surface area contributed by atoms with Crippen LogP contribution in [0.3, 0.4) is 0 Å². The van der Waals surface area contributed by atoms with Gasteiger partial charge in [0.1, 0.15) is 5.76 Å². The molecule has 1 amide bonds. The van der Waals surface area contributed by atoms with Gasteiger partial charge in [-0.25, -0.2) is 4.98 Å². The first-order valence-corrected chi connectivity index (χ1v) is 10.8. The van der Waals surface area contributed by atoms with E-state index in [1.54, 1.807) is 0 Å². The van der Waals surface area contributed by atoms with Gasteiger partial charge in [0.15, 0.2) is 0 Å². The third kappa shape index (κ3) is 6.09. The van der Waals surface area contributed by atoms with Crippen LogP contribution < -0.4 is 10.6 Å². The smallest absolute Gasteiger partial charge is 0.237 e. The maximum Gasteiger partial charge on any atom is 0.237 e. The Kier molecular flexibility index (Phi) is 9.26. The van der Waals surface area contributed by atoms with Gasteiger partial charge in [0, 0.05) is 12.6 Å². The Labute approximate surface area is 186 Å². The lowest BCUT2D eigenvalue weighted by Crippen LogP contribution is -2.45. The summed E-state index contributed by atoms with van der Waals surface area (Å²) in [6.45, 7) is 7.67. The summed E-state index contributed by atoms with van der Waals surface area (Å²) in [6.07, 6.45) is 8.48. The van der Waals surface area contributed by atoms with Gasteiger partial charge in [-0.3, -0.25) is 9.69 Å². The first kappa shape index (κ1) is 24.4. The molecule has 0 bridgehead atoms. The van der Waals surface area contributed by atoms with Crippen LogP contribution in [0.2, 0.25) is 0 Å². The van der Waals surface area contributed by atoms with Gasteiger partial charge >= 0.3 is 0 Å². The Morgan fingerprint density at radius 2 is 1.90 bits per heavy atom. The summed E-state index contributed by atoms with van der Waals surface area (Å²) in [5.74, 6) is 3.27. The van der Waals surface area contributed by atoms with E-state index in [0.717, 1.165) is 68.7 Å². The lowest BCUT2D eigenvalue weighted by atomic mass is 9.85. The van der Waals surface area contributed by atoms with Crippen LogP contribution in [0.15, 0.2) is 4.42 Å². The van der Waals surface area contributed by atoms with Crippen molar-refractivity contribution in [1.29, 1.82) is 0 Å². The first-order valence-electron chi connectivity index (χ1n) is 10.8. The van der Waals surface area contributed by atoms with E-state index in [2.05, 4.69) is 20.5 Å². The number of aromatic nitrogens is 1. The minimum atomic E-state index is 0. The highest BCUT2D eigenvalue weighted by Crippen LogP contribution is 2.33. The van der Waals surface area contributed by atoms with Crippen molar-refractivity contribution < 1.29 is 9.21 Å². The number of nitrogens with zero attached hydrogens (tertiary/aromatic N) is 2. The number of rotatable bonds is 5. The molecule has 3 unspecified atom stereocenters. The van der Waals surface area contributed by atoms with Crippen LogP contribution in [0, 0.1) is 25.7 Å². The normalized spacial score (nSPS) is 27.6. The molecular formula is C21H36Cl2N4O2. The molecule has 6 nitrogen and oxygen atoms in total. The summed E-state index contributed by atoms with van der Waals surface area (Å²) in [6, 6.07) is 0.620. The van der Waals surface area contributed by atoms with Gasteiger partial charge in [0.2, 0.25) is 11.8 Å². The van der Waals surface area contributed by atoms with Crippen molar-refractivity contribution in [2.45, 2.75) is 77.4 Å². The van der Waals surface area contributed by atoms with Crippen molar-refractivity contribution in [2.24, 2.45) is 11.8 Å². The molecule has 0 spiro atoms. The average molecular weight is 447 g/mol. The molecule has 2 N–H and O–H groups in total. The zero-order valence-corrected chi connectivity index (χ0v) is 19.2. The number of fused-ring (bicyclic) bond motifs is 1. The number of likely N-dealkylation sites (tertiary alicyclic amines) is 1. The minimum absolute atomic E-state index is 0. The molecule has 1 aliphatic carbocycles. The van der Waals surface area contributed by atoms with Gasteiger partial charge in [-0.15, -0.1) is 24.8 Å². The number of carbonyl (C=O) groups is 1. The molecular weight excluding hydrogens is 411 g/mol. The molecule has 1 aromatic heterocycles. The Hall–Kier alpha value is -0.820. The standard InChI is InChI=1S/C21H34N4O2.2ClH/c1-14-15(2)27-20(23-14)13-25-9-7-16(8-10-25)12-22-21(26)19-11-17-5-3-4-6-18(17)24-19;;/h16-19,24H,3-13H2,1-2H3,(H,22,26);2*1H. The molecule has 8 heteroatoms. The zero-order chi connectivity index (χ0) is 18.8. The Morgan fingerprint density at radius 1 is 1.17 bits per heavy atom. The molecule has 1 saturated carbocycles. The molecule has 2 aliphatic heterocycles. The fraction of sp³-hybridized carbons (Fsp3) is 0.810. The number of halogens is 2. The highest BCUT2D eigenvalue weighted by molar-refractivity contribution is 5.85. The Morgan fingerprint density at radius 3 is 2.55 bits per heavy atom. The van der Waals surface area contributed by atoms with E-state index in [9.17, 15) is 4.79 Å². The SMILES string of the molecule is Cc1nc(CN2CCC(CNC(=O)C3CC4CCCCC4N3)CC2)oc1C.Cl.Cl. The van der Waals surface area contributed by atoms with Gasteiger partial charge in [-0.05, 0) is 70.9 Å². The summed E-state index contributed by atoms with van der Waals surface area (Å²) in [5.41, 5.74) is 0.989. The molecule has 4 rings (SSSR count). The molecule has 1 aromatic rings. The lowest BCUT2D eigenvalue weighted by molar-refractivity contribution is -0.123. The minimum Gasteiger partial charge on any atom is -0.444 e. The number of aryl methyl sites for hydroxylation is 2. The fourth-order valence-electron chi connectivity index (χ4n) is 5.04. The van der Waals surface area contributed by atoms with Gasteiger partial charge in [0.25, 0.3) is 0 Å². The van der Waals surface area contributed by atoms with Crippen LogP contribution in [0.25, 0.3) is 0 Å². The molecule has 166 valence electrons. The van der Waals surface area contributed by atoms with Gasteiger partial charge < -0.3 is 15.1 Å². The number of nitrogens with one attached hydrogen (secondary N) is 2. The van der Waals surface area contributed by atoms with Crippen LogP contribution in [-0.4, -0.2) is 47.5 Å². The van der Waals surface area contributed by atoms with Crippen LogP contribution in [0.5, 0.6) is 0 Å². The predicted octanol–water partition coefficient (Wildman–Crippen LogP) is 3.38. The van der Waals surface area contributed by atoms with Crippen molar-refractivity contribution in [3.05, 3.63) is 17.3 Å². The van der Waals surface area contributed by atoms with E-state index in [1.807, 2.05) is 13.8 Å². The maximum atomic E-state index is 12.6. The topological polar surface area (TPSA) is 70.4 Å². The summed E-state index contributed by atoms with van der Waals surface area (Å²) in [5, 5.41) is 6.81. The molecule has 0 radical (unpaired) electrons. The molecule has 29 heavy (non-hydrogen) atoms. The molecule has 3 atom stereocenters. The molecule has 2 saturated heterocycles. The van der Waals surface area contributed by atoms with E-state index in [1.165, 1.54) is 25.7 Å². The highest BCUT2D eigenvalue weighted by Gasteiger charge is 2.38. The molecule has 3 heterocycles. The zero-order valence-electron chi connectivity index (χ0n) is 17.6. The fourth-order valence-corrected chi connectivity index (χ4v) is 5.04. The van der Waals surface area contributed by atoms with Gasteiger partial charge in [-0.2, -0.15) is 0 Å². The summed E-state index contributed by atoms with van der Waals surface area (Å²) in [7, 11) is 0. The quantitative estimate of drug-likeness (QED) is 0.724. The van der Waals surface area contributed by atoms with Crippen molar-refractivity contribution in [2.75, 3.05) is 19.6 Å². The Bertz CT molecular complexity index is 628. The first-order chi connectivity index (χ1) is 13.1. The number of amides is 1. The van der Waals surface area contributed by atoms with Crippen LogP contribution in [0.1, 0.15) is 62.3 Å². The van der Waals surface area contributed by atoms with E-state index >= 15 is 0 Å². The number of oxazole rings is 1. The van der Waals surface area contributed by atoms with Crippen LogP contribution in [0.4, 0.5) is 0 Å². The van der Waals surface area contributed by atoms with Crippen LogP contribution in [-0.2, 0) is 11.3 Å². The van der Waals surface area contributed by atoms with E-state index in [4.69, 9.17) is 4.42 Å². The number of carbonyl (C=O) groups excluding carboxylic acids is 1. The monoisotopic (exact) mass is 446 g/mol.